The topological polar surface area (TPSA) is 60.5 Å². The summed E-state index contributed by atoms with van der Waals surface area (Å²) in [4.78, 5) is 16.6. The lowest BCUT2D eigenvalue weighted by atomic mass is 9.93. The van der Waals surface area contributed by atoms with Crippen LogP contribution >= 0.6 is 11.3 Å². The van der Waals surface area contributed by atoms with E-state index in [-0.39, 0.29) is 17.7 Å². The average Bonchev–Trinajstić information content (AvgIpc) is 2.95. The number of carbonyl (C=O) groups is 1. The summed E-state index contributed by atoms with van der Waals surface area (Å²) >= 11 is 1.44. The second kappa shape index (κ2) is 7.00. The number of aromatic nitrogens is 1. The number of anilines is 1. The van der Waals surface area contributed by atoms with Crippen molar-refractivity contribution in [2.45, 2.75) is 32.6 Å². The number of amides is 1. The fraction of sp³-hybridized carbons (Fsp3) is 0.412. The van der Waals surface area contributed by atoms with Crippen molar-refractivity contribution in [3.63, 3.8) is 0 Å². The molecule has 1 aromatic carbocycles. The van der Waals surface area contributed by atoms with Crippen molar-refractivity contribution in [2.24, 2.45) is 0 Å². The van der Waals surface area contributed by atoms with Gasteiger partial charge in [0.1, 0.15) is 0 Å². The summed E-state index contributed by atoms with van der Waals surface area (Å²) in [6.07, 6.45) is 0.255. The van der Waals surface area contributed by atoms with Gasteiger partial charge in [-0.05, 0) is 17.7 Å². The molecule has 5 nitrogen and oxygen atoms in total. The number of carbonyl (C=O) groups excluding carboxylic acids is 1. The van der Waals surface area contributed by atoms with Crippen LogP contribution in [0.4, 0.5) is 5.13 Å². The Kier molecular flexibility index (Phi) is 5.26. The molecule has 2 rings (SSSR count). The van der Waals surface area contributed by atoms with Gasteiger partial charge in [0.25, 0.3) is 0 Å². The molecule has 124 valence electrons. The molecule has 1 heterocycles. The van der Waals surface area contributed by atoms with Crippen molar-refractivity contribution in [3.8, 4) is 11.5 Å². The lowest BCUT2D eigenvalue weighted by molar-refractivity contribution is -0.115. The Bertz CT molecular complexity index is 689. The molecule has 6 heteroatoms. The predicted octanol–water partition coefficient (Wildman–Crippen LogP) is 3.64. The first-order chi connectivity index (χ1) is 10.8. The van der Waals surface area contributed by atoms with Gasteiger partial charge in [0.05, 0.1) is 26.3 Å². The molecule has 1 amide bonds. The smallest absolute Gasteiger partial charge is 0.230 e. The summed E-state index contributed by atoms with van der Waals surface area (Å²) in [5, 5.41) is 5.45. The lowest BCUT2D eigenvalue weighted by Crippen LogP contribution is -2.15. The zero-order valence-corrected chi connectivity index (χ0v) is 14.9. The van der Waals surface area contributed by atoms with Crippen LogP contribution < -0.4 is 14.8 Å². The molecule has 0 fully saturated rings. The van der Waals surface area contributed by atoms with Crippen LogP contribution in [0.2, 0.25) is 0 Å². The first-order valence-corrected chi connectivity index (χ1v) is 8.18. The lowest BCUT2D eigenvalue weighted by Gasteiger charge is -2.14. The Morgan fingerprint density at radius 2 is 1.91 bits per heavy atom. The summed E-state index contributed by atoms with van der Waals surface area (Å²) in [6, 6.07) is 5.45. The Balaban J connectivity index is 2.03. The number of ether oxygens (including phenoxy) is 2. The number of hydrogen-bond donors (Lipinski definition) is 1. The van der Waals surface area contributed by atoms with Gasteiger partial charge in [0.2, 0.25) is 5.91 Å². The summed E-state index contributed by atoms with van der Waals surface area (Å²) in [5.41, 5.74) is 1.81. The van der Waals surface area contributed by atoms with Crippen LogP contribution in [0.5, 0.6) is 11.5 Å². The number of rotatable bonds is 5. The number of hydrogen-bond acceptors (Lipinski definition) is 5. The van der Waals surface area contributed by atoms with Gasteiger partial charge < -0.3 is 14.8 Å². The maximum absolute atomic E-state index is 12.2. The van der Waals surface area contributed by atoms with Gasteiger partial charge in [-0.25, -0.2) is 4.98 Å². The predicted molar refractivity (Wildman–Crippen MR) is 92.7 cm³/mol. The third kappa shape index (κ3) is 4.45. The Morgan fingerprint density at radius 3 is 2.48 bits per heavy atom. The monoisotopic (exact) mass is 334 g/mol. The second-order valence-corrected chi connectivity index (χ2v) is 7.06. The van der Waals surface area contributed by atoms with E-state index in [1.165, 1.54) is 11.3 Å². The van der Waals surface area contributed by atoms with E-state index in [4.69, 9.17) is 9.47 Å². The molecule has 0 saturated heterocycles. The van der Waals surface area contributed by atoms with Crippen molar-refractivity contribution in [3.05, 3.63) is 34.8 Å². The third-order valence-electron chi connectivity index (χ3n) is 3.33. The normalized spacial score (nSPS) is 11.2. The molecular weight excluding hydrogens is 312 g/mol. The highest BCUT2D eigenvalue weighted by atomic mass is 32.1. The summed E-state index contributed by atoms with van der Waals surface area (Å²) in [5.74, 6) is 1.15. The van der Waals surface area contributed by atoms with Crippen LogP contribution in [-0.2, 0) is 16.6 Å². The van der Waals surface area contributed by atoms with E-state index in [2.05, 4.69) is 31.1 Å². The Labute approximate surface area is 140 Å². The van der Waals surface area contributed by atoms with Crippen molar-refractivity contribution in [1.29, 1.82) is 0 Å². The summed E-state index contributed by atoms with van der Waals surface area (Å²) < 4.78 is 10.4. The molecule has 0 aliphatic carbocycles. The first kappa shape index (κ1) is 17.3. The molecule has 0 bridgehead atoms. The minimum atomic E-state index is -0.105. The van der Waals surface area contributed by atoms with E-state index >= 15 is 0 Å². The van der Waals surface area contributed by atoms with E-state index in [0.717, 1.165) is 11.3 Å². The fourth-order valence-corrected chi connectivity index (χ4v) is 2.97. The van der Waals surface area contributed by atoms with Crippen LogP contribution in [-0.4, -0.2) is 25.1 Å². The van der Waals surface area contributed by atoms with Crippen LogP contribution in [0, 0.1) is 0 Å². The number of nitrogens with one attached hydrogen (secondary N) is 1. The molecule has 0 atom stereocenters. The largest absolute Gasteiger partial charge is 0.493 e. The highest BCUT2D eigenvalue weighted by molar-refractivity contribution is 7.13. The van der Waals surface area contributed by atoms with Crippen molar-refractivity contribution < 1.29 is 14.3 Å². The fourth-order valence-electron chi connectivity index (χ4n) is 2.02. The van der Waals surface area contributed by atoms with E-state index in [1.54, 1.807) is 26.4 Å². The van der Waals surface area contributed by atoms with Gasteiger partial charge in [-0.1, -0.05) is 26.8 Å². The summed E-state index contributed by atoms with van der Waals surface area (Å²) in [6.45, 7) is 6.28. The highest BCUT2D eigenvalue weighted by Crippen LogP contribution is 2.28. The molecule has 0 saturated carbocycles. The van der Waals surface area contributed by atoms with E-state index in [0.29, 0.717) is 16.6 Å². The molecule has 1 N–H and O–H groups in total. The number of thiazole rings is 1. The van der Waals surface area contributed by atoms with Gasteiger partial charge in [0, 0.05) is 10.8 Å². The van der Waals surface area contributed by atoms with Crippen LogP contribution in [0.25, 0.3) is 0 Å². The second-order valence-electron chi connectivity index (χ2n) is 6.20. The van der Waals surface area contributed by atoms with E-state index in [9.17, 15) is 4.79 Å². The average molecular weight is 334 g/mol. The number of nitrogens with zero attached hydrogens (tertiary/aromatic N) is 1. The minimum Gasteiger partial charge on any atom is -0.493 e. The molecule has 23 heavy (non-hydrogen) atoms. The zero-order chi connectivity index (χ0) is 17.0. The Morgan fingerprint density at radius 1 is 1.22 bits per heavy atom. The SMILES string of the molecule is COc1ccc(CC(=O)Nc2nc(C(C)(C)C)cs2)cc1OC. The Hall–Kier alpha value is -2.08. The van der Waals surface area contributed by atoms with E-state index in [1.807, 2.05) is 11.4 Å². The van der Waals surface area contributed by atoms with Gasteiger partial charge >= 0.3 is 0 Å². The van der Waals surface area contributed by atoms with E-state index < -0.39 is 0 Å². The maximum Gasteiger partial charge on any atom is 0.230 e. The zero-order valence-electron chi connectivity index (χ0n) is 14.1. The van der Waals surface area contributed by atoms with Gasteiger partial charge in [-0.15, -0.1) is 11.3 Å². The van der Waals surface area contributed by atoms with Crippen LogP contribution in [0.1, 0.15) is 32.0 Å². The molecular formula is C17H22N2O3S. The van der Waals surface area contributed by atoms with Gasteiger partial charge in [-0.2, -0.15) is 0 Å². The maximum atomic E-state index is 12.2. The molecule has 2 aromatic rings. The number of benzene rings is 1. The summed E-state index contributed by atoms with van der Waals surface area (Å²) in [7, 11) is 3.16. The minimum absolute atomic E-state index is 0.0250. The van der Waals surface area contributed by atoms with Crippen LogP contribution in [0.15, 0.2) is 23.6 Å². The molecule has 0 aliphatic heterocycles. The van der Waals surface area contributed by atoms with Crippen molar-refractivity contribution >= 4 is 22.4 Å². The standard InChI is InChI=1S/C17H22N2O3S/c1-17(2,3)14-10-23-16(18-14)19-15(20)9-11-6-7-12(21-4)13(8-11)22-5/h6-8,10H,9H2,1-5H3,(H,18,19,20). The highest BCUT2D eigenvalue weighted by Gasteiger charge is 2.18. The number of methoxy groups -OCH3 is 2. The third-order valence-corrected chi connectivity index (χ3v) is 4.09. The molecule has 0 radical (unpaired) electrons. The quantitative estimate of drug-likeness (QED) is 0.907. The first-order valence-electron chi connectivity index (χ1n) is 7.30. The molecule has 1 aromatic heterocycles. The van der Waals surface area contributed by atoms with Crippen LogP contribution in [0.3, 0.4) is 0 Å². The molecule has 0 unspecified atom stereocenters. The van der Waals surface area contributed by atoms with Gasteiger partial charge in [0.15, 0.2) is 16.6 Å². The van der Waals surface area contributed by atoms with Crippen molar-refractivity contribution in [2.75, 3.05) is 19.5 Å². The van der Waals surface area contributed by atoms with Gasteiger partial charge in [-0.3, -0.25) is 4.79 Å². The molecule has 0 spiro atoms. The van der Waals surface area contributed by atoms with Crippen molar-refractivity contribution in [1.82, 2.24) is 4.98 Å². The molecule has 0 aliphatic rings.